The van der Waals surface area contributed by atoms with Gasteiger partial charge in [-0.05, 0) is 36.4 Å². The lowest BCUT2D eigenvalue weighted by Gasteiger charge is -1.97. The summed E-state index contributed by atoms with van der Waals surface area (Å²) in [6, 6.07) is 7.58. The van der Waals surface area contributed by atoms with Crippen molar-refractivity contribution in [3.63, 3.8) is 0 Å². The van der Waals surface area contributed by atoms with Crippen LogP contribution in [0, 0.1) is 5.82 Å². The minimum atomic E-state index is -0.651. The van der Waals surface area contributed by atoms with Crippen LogP contribution in [-0.2, 0) is 0 Å². The van der Waals surface area contributed by atoms with Crippen molar-refractivity contribution >= 4 is 17.3 Å². The molecule has 0 unspecified atom stereocenters. The first-order valence-corrected chi connectivity index (χ1v) is 6.75. The SMILES string of the molecule is O=C(C=C(O)c1ncn[nH]1)c1ccc(C(=O)c2ccc(F)cc2)o1. The summed E-state index contributed by atoms with van der Waals surface area (Å²) < 4.78 is 18.1. The molecule has 8 heteroatoms. The number of carbonyl (C=O) groups is 2. The van der Waals surface area contributed by atoms with Crippen LogP contribution in [-0.4, -0.2) is 31.9 Å². The smallest absolute Gasteiger partial charge is 0.228 e. The Kier molecular flexibility index (Phi) is 4.02. The highest BCUT2D eigenvalue weighted by Gasteiger charge is 2.17. The Bertz CT molecular complexity index is 911. The van der Waals surface area contributed by atoms with Gasteiger partial charge in [0.25, 0.3) is 0 Å². The Morgan fingerprint density at radius 2 is 1.83 bits per heavy atom. The Balaban J connectivity index is 1.80. The van der Waals surface area contributed by atoms with Crippen LogP contribution >= 0.6 is 0 Å². The third-order valence-corrected chi connectivity index (χ3v) is 3.10. The summed E-state index contributed by atoms with van der Waals surface area (Å²) in [6.45, 7) is 0. The van der Waals surface area contributed by atoms with E-state index in [-0.39, 0.29) is 22.9 Å². The zero-order chi connectivity index (χ0) is 17.1. The second-order valence-electron chi connectivity index (χ2n) is 4.73. The molecule has 2 aromatic heterocycles. The van der Waals surface area contributed by atoms with Crippen molar-refractivity contribution in [2.75, 3.05) is 0 Å². The number of aromatic nitrogens is 3. The monoisotopic (exact) mass is 327 g/mol. The number of nitrogens with zero attached hydrogens (tertiary/aromatic N) is 2. The van der Waals surface area contributed by atoms with Crippen molar-refractivity contribution in [2.24, 2.45) is 0 Å². The molecule has 2 N–H and O–H groups in total. The van der Waals surface area contributed by atoms with Crippen molar-refractivity contribution in [2.45, 2.75) is 0 Å². The Morgan fingerprint density at radius 1 is 1.12 bits per heavy atom. The third kappa shape index (κ3) is 3.12. The molecule has 0 atom stereocenters. The molecule has 3 aromatic rings. The standard InChI is InChI=1S/C16H10FN3O4/c17-10-3-1-9(2-4-10)15(23)14-6-5-13(24-14)11(21)7-12(22)16-18-8-19-20-16/h1-8,22H,(H,18,19,20). The molecule has 0 aliphatic rings. The molecule has 0 aliphatic heterocycles. The molecule has 3 rings (SSSR count). The van der Waals surface area contributed by atoms with Gasteiger partial charge >= 0.3 is 0 Å². The van der Waals surface area contributed by atoms with Crippen LogP contribution in [0.3, 0.4) is 0 Å². The first kappa shape index (κ1) is 15.3. The van der Waals surface area contributed by atoms with Crippen LogP contribution in [0.2, 0.25) is 0 Å². The van der Waals surface area contributed by atoms with Gasteiger partial charge in [-0.2, -0.15) is 5.10 Å². The first-order chi connectivity index (χ1) is 11.5. The summed E-state index contributed by atoms with van der Waals surface area (Å²) in [7, 11) is 0. The Hall–Kier alpha value is -3.55. The summed E-state index contributed by atoms with van der Waals surface area (Å²) in [5.74, 6) is -2.20. The molecule has 0 amide bonds. The highest BCUT2D eigenvalue weighted by atomic mass is 19.1. The van der Waals surface area contributed by atoms with Gasteiger partial charge in [-0.25, -0.2) is 9.37 Å². The minimum Gasteiger partial charge on any atom is -0.504 e. The zero-order valence-electron chi connectivity index (χ0n) is 12.1. The number of allylic oxidation sites excluding steroid dienone is 1. The fourth-order valence-corrected chi connectivity index (χ4v) is 1.93. The summed E-state index contributed by atoms with van der Waals surface area (Å²) in [5.41, 5.74) is 0.227. The summed E-state index contributed by atoms with van der Waals surface area (Å²) in [5, 5.41) is 15.7. The molecule has 0 saturated heterocycles. The van der Waals surface area contributed by atoms with Gasteiger partial charge in [0.1, 0.15) is 12.1 Å². The molecule has 0 spiro atoms. The van der Waals surface area contributed by atoms with Crippen LogP contribution in [0.15, 0.2) is 53.2 Å². The van der Waals surface area contributed by atoms with E-state index in [0.717, 1.165) is 18.2 Å². The number of benzene rings is 1. The largest absolute Gasteiger partial charge is 0.504 e. The number of hydrogen-bond acceptors (Lipinski definition) is 6. The average molecular weight is 327 g/mol. The molecule has 0 bridgehead atoms. The first-order valence-electron chi connectivity index (χ1n) is 6.75. The molecule has 7 nitrogen and oxygen atoms in total. The Morgan fingerprint density at radius 3 is 2.50 bits per heavy atom. The van der Waals surface area contributed by atoms with E-state index in [0.29, 0.717) is 0 Å². The van der Waals surface area contributed by atoms with E-state index >= 15 is 0 Å². The molecule has 2 heterocycles. The van der Waals surface area contributed by atoms with Crippen molar-refractivity contribution in [3.05, 3.63) is 77.5 Å². The maximum atomic E-state index is 12.9. The van der Waals surface area contributed by atoms with Gasteiger partial charge in [-0.15, -0.1) is 0 Å². The molecule has 1 aromatic carbocycles. The number of ketones is 2. The lowest BCUT2D eigenvalue weighted by molar-refractivity contribution is 0.0990. The van der Waals surface area contributed by atoms with Crippen LogP contribution in [0.5, 0.6) is 0 Å². The average Bonchev–Trinajstić information content (AvgIpc) is 3.26. The second-order valence-corrected chi connectivity index (χ2v) is 4.73. The topological polar surface area (TPSA) is 109 Å². The van der Waals surface area contributed by atoms with E-state index in [4.69, 9.17) is 4.42 Å². The molecule has 120 valence electrons. The third-order valence-electron chi connectivity index (χ3n) is 3.10. The van der Waals surface area contributed by atoms with E-state index < -0.39 is 23.1 Å². The van der Waals surface area contributed by atoms with E-state index in [1.165, 1.54) is 30.6 Å². The van der Waals surface area contributed by atoms with Gasteiger partial charge in [0, 0.05) is 11.6 Å². The number of H-pyrrole nitrogens is 1. The van der Waals surface area contributed by atoms with E-state index in [1.54, 1.807) is 0 Å². The number of aromatic amines is 1. The van der Waals surface area contributed by atoms with Crippen LogP contribution < -0.4 is 0 Å². The number of rotatable bonds is 5. The van der Waals surface area contributed by atoms with Gasteiger partial charge < -0.3 is 9.52 Å². The normalized spacial score (nSPS) is 11.5. The molecule has 0 aliphatic carbocycles. The summed E-state index contributed by atoms with van der Waals surface area (Å²) >= 11 is 0. The number of furan rings is 1. The Labute approximate surface area is 134 Å². The quantitative estimate of drug-likeness (QED) is 0.423. The maximum absolute atomic E-state index is 12.9. The van der Waals surface area contributed by atoms with Crippen molar-refractivity contribution in [1.29, 1.82) is 0 Å². The molecular formula is C16H10FN3O4. The zero-order valence-corrected chi connectivity index (χ0v) is 12.1. The van der Waals surface area contributed by atoms with Gasteiger partial charge in [0.05, 0.1) is 0 Å². The number of hydrogen-bond donors (Lipinski definition) is 2. The maximum Gasteiger partial charge on any atom is 0.228 e. The molecule has 24 heavy (non-hydrogen) atoms. The number of carbonyl (C=O) groups excluding carboxylic acids is 2. The van der Waals surface area contributed by atoms with Gasteiger partial charge in [0.15, 0.2) is 23.1 Å². The fraction of sp³-hybridized carbons (Fsp3) is 0. The van der Waals surface area contributed by atoms with Gasteiger partial charge in [0.2, 0.25) is 11.6 Å². The van der Waals surface area contributed by atoms with Crippen molar-refractivity contribution in [3.8, 4) is 0 Å². The molecule has 0 fully saturated rings. The second kappa shape index (κ2) is 6.29. The molecule has 0 radical (unpaired) electrons. The molecular weight excluding hydrogens is 317 g/mol. The van der Waals surface area contributed by atoms with E-state index in [1.807, 2.05) is 0 Å². The highest BCUT2D eigenvalue weighted by molar-refractivity contribution is 6.09. The van der Waals surface area contributed by atoms with Gasteiger partial charge in [-0.3, -0.25) is 14.7 Å². The van der Waals surface area contributed by atoms with E-state index in [2.05, 4.69) is 15.2 Å². The van der Waals surface area contributed by atoms with Crippen molar-refractivity contribution in [1.82, 2.24) is 15.2 Å². The number of nitrogens with one attached hydrogen (secondary N) is 1. The summed E-state index contributed by atoms with van der Waals surface area (Å²) in [4.78, 5) is 27.9. The van der Waals surface area contributed by atoms with E-state index in [9.17, 15) is 19.1 Å². The van der Waals surface area contributed by atoms with Crippen LogP contribution in [0.1, 0.15) is 32.5 Å². The predicted molar refractivity (Wildman–Crippen MR) is 79.9 cm³/mol. The minimum absolute atomic E-state index is 0.0255. The molecule has 0 saturated carbocycles. The number of aliphatic hydroxyl groups excluding tert-OH is 1. The van der Waals surface area contributed by atoms with Crippen LogP contribution in [0.4, 0.5) is 4.39 Å². The van der Waals surface area contributed by atoms with Crippen LogP contribution in [0.25, 0.3) is 5.76 Å². The highest BCUT2D eigenvalue weighted by Crippen LogP contribution is 2.16. The predicted octanol–water partition coefficient (Wildman–Crippen LogP) is 2.55. The fourth-order valence-electron chi connectivity index (χ4n) is 1.93. The van der Waals surface area contributed by atoms with Crippen molar-refractivity contribution < 1.29 is 23.5 Å². The summed E-state index contributed by atoms with van der Waals surface area (Å²) in [6.07, 6.45) is 2.07. The number of aliphatic hydroxyl groups is 1. The number of halogens is 1. The van der Waals surface area contributed by atoms with Gasteiger partial charge in [-0.1, -0.05) is 0 Å². The lowest BCUT2D eigenvalue weighted by atomic mass is 10.1. The lowest BCUT2D eigenvalue weighted by Crippen LogP contribution is -2.00.